The number of nitrogens with zero attached hydrogens (tertiary/aromatic N) is 4. The van der Waals surface area contributed by atoms with Crippen LogP contribution in [0.1, 0.15) is 34.2 Å². The van der Waals surface area contributed by atoms with Crippen molar-refractivity contribution in [3.8, 4) is 22.7 Å². The van der Waals surface area contributed by atoms with E-state index < -0.39 is 0 Å². The van der Waals surface area contributed by atoms with Crippen LogP contribution in [0.25, 0.3) is 16.9 Å². The van der Waals surface area contributed by atoms with E-state index in [0.717, 1.165) is 28.2 Å². The average Bonchev–Trinajstić information content (AvgIpc) is 3.37. The lowest BCUT2D eigenvalue weighted by Crippen LogP contribution is -2.36. The minimum Gasteiger partial charge on any atom is -0.497 e. The van der Waals surface area contributed by atoms with Gasteiger partial charge in [0.15, 0.2) is 0 Å². The average molecular weight is 444 g/mol. The Morgan fingerprint density at radius 2 is 1.82 bits per heavy atom. The Bertz CT molecular complexity index is 1270. The Morgan fingerprint density at radius 1 is 1.06 bits per heavy atom. The van der Waals surface area contributed by atoms with E-state index in [1.54, 1.807) is 18.0 Å². The molecule has 2 aromatic heterocycles. The van der Waals surface area contributed by atoms with Crippen LogP contribution in [0.15, 0.2) is 60.8 Å². The van der Waals surface area contributed by atoms with Gasteiger partial charge in [-0.2, -0.15) is 10.2 Å². The molecule has 0 fully saturated rings. The van der Waals surface area contributed by atoms with Crippen molar-refractivity contribution in [2.75, 3.05) is 7.11 Å². The number of aryl methyl sites for hydroxylation is 3. The zero-order chi connectivity index (χ0) is 23.5. The van der Waals surface area contributed by atoms with Gasteiger partial charge in [0, 0.05) is 23.5 Å². The van der Waals surface area contributed by atoms with Crippen LogP contribution in [0.4, 0.5) is 0 Å². The molecule has 1 N–H and O–H groups in total. The molecule has 2 aromatic carbocycles. The molecule has 170 valence electrons. The molecule has 0 radical (unpaired) electrons. The largest absolute Gasteiger partial charge is 0.497 e. The molecule has 0 unspecified atom stereocenters. The molecule has 7 heteroatoms. The summed E-state index contributed by atoms with van der Waals surface area (Å²) in [5.41, 5.74) is 6.00. The van der Waals surface area contributed by atoms with E-state index in [1.165, 1.54) is 0 Å². The van der Waals surface area contributed by atoms with Crippen LogP contribution in [-0.2, 0) is 6.54 Å². The van der Waals surface area contributed by atoms with Crippen molar-refractivity contribution in [2.45, 2.75) is 40.3 Å². The highest BCUT2D eigenvalue weighted by Gasteiger charge is 2.21. The number of amides is 1. The lowest BCUT2D eigenvalue weighted by atomic mass is 10.1. The van der Waals surface area contributed by atoms with Crippen LogP contribution in [0.2, 0.25) is 0 Å². The third kappa shape index (κ3) is 4.98. The summed E-state index contributed by atoms with van der Waals surface area (Å²) in [5.74, 6) is 0.529. The van der Waals surface area contributed by atoms with Crippen molar-refractivity contribution in [3.05, 3.63) is 83.3 Å². The van der Waals surface area contributed by atoms with Gasteiger partial charge in [0.1, 0.15) is 11.4 Å². The zero-order valence-electron chi connectivity index (χ0n) is 19.7. The topological polar surface area (TPSA) is 74.0 Å². The molecule has 4 rings (SSSR count). The number of ether oxygens (including phenoxy) is 1. The van der Waals surface area contributed by atoms with E-state index in [2.05, 4.69) is 10.4 Å². The summed E-state index contributed by atoms with van der Waals surface area (Å²) in [6, 6.07) is 17.5. The van der Waals surface area contributed by atoms with Crippen LogP contribution in [0.5, 0.6) is 5.75 Å². The molecular weight excluding hydrogens is 414 g/mol. The van der Waals surface area contributed by atoms with Crippen LogP contribution in [0, 0.1) is 20.8 Å². The van der Waals surface area contributed by atoms with E-state index in [-0.39, 0.29) is 11.9 Å². The summed E-state index contributed by atoms with van der Waals surface area (Å²) in [6.07, 6.45) is 1.78. The maximum absolute atomic E-state index is 13.4. The molecule has 0 aliphatic carbocycles. The first-order chi connectivity index (χ1) is 15.8. The zero-order valence-corrected chi connectivity index (χ0v) is 19.7. The third-order valence-electron chi connectivity index (χ3n) is 5.53. The van der Waals surface area contributed by atoms with Crippen molar-refractivity contribution < 1.29 is 9.53 Å². The molecule has 0 spiro atoms. The first-order valence-corrected chi connectivity index (χ1v) is 11.0. The Labute approximate surface area is 194 Å². The van der Waals surface area contributed by atoms with E-state index in [1.807, 2.05) is 87.0 Å². The molecule has 0 aliphatic heterocycles. The predicted octanol–water partition coefficient (Wildman–Crippen LogP) is 4.49. The fourth-order valence-corrected chi connectivity index (χ4v) is 3.82. The van der Waals surface area contributed by atoms with E-state index in [0.29, 0.717) is 23.6 Å². The summed E-state index contributed by atoms with van der Waals surface area (Å²) in [7, 11) is 1.62. The van der Waals surface area contributed by atoms with Gasteiger partial charge in [-0.25, -0.2) is 4.68 Å². The number of rotatable bonds is 7. The van der Waals surface area contributed by atoms with Gasteiger partial charge in [0.2, 0.25) is 0 Å². The highest BCUT2D eigenvalue weighted by molar-refractivity contribution is 6.00. The molecule has 2 heterocycles. The molecule has 1 atom stereocenters. The maximum atomic E-state index is 13.4. The second-order valence-electron chi connectivity index (χ2n) is 8.39. The van der Waals surface area contributed by atoms with Crippen molar-refractivity contribution in [1.82, 2.24) is 24.9 Å². The highest BCUT2D eigenvalue weighted by Crippen LogP contribution is 2.27. The van der Waals surface area contributed by atoms with Crippen LogP contribution in [0.3, 0.4) is 0 Å². The summed E-state index contributed by atoms with van der Waals surface area (Å²) in [5, 5.41) is 12.4. The smallest absolute Gasteiger partial charge is 0.255 e. The molecule has 0 saturated carbocycles. The Hall–Kier alpha value is -3.87. The van der Waals surface area contributed by atoms with E-state index in [9.17, 15) is 4.79 Å². The molecular formula is C26H29N5O2. The minimum atomic E-state index is -0.180. The summed E-state index contributed by atoms with van der Waals surface area (Å²) < 4.78 is 9.04. The van der Waals surface area contributed by atoms with E-state index in [4.69, 9.17) is 9.84 Å². The second-order valence-corrected chi connectivity index (χ2v) is 8.39. The van der Waals surface area contributed by atoms with Crippen molar-refractivity contribution in [2.24, 2.45) is 0 Å². The van der Waals surface area contributed by atoms with Crippen molar-refractivity contribution in [1.29, 1.82) is 0 Å². The van der Waals surface area contributed by atoms with Gasteiger partial charge in [-0.15, -0.1) is 0 Å². The monoisotopic (exact) mass is 443 g/mol. The molecule has 33 heavy (non-hydrogen) atoms. The molecule has 0 aliphatic rings. The van der Waals surface area contributed by atoms with Gasteiger partial charge < -0.3 is 10.1 Å². The van der Waals surface area contributed by atoms with Gasteiger partial charge >= 0.3 is 0 Å². The van der Waals surface area contributed by atoms with Gasteiger partial charge in [-0.05, 0) is 58.0 Å². The van der Waals surface area contributed by atoms with Gasteiger partial charge in [0.25, 0.3) is 5.91 Å². The lowest BCUT2D eigenvalue weighted by molar-refractivity contribution is 0.0936. The van der Waals surface area contributed by atoms with Crippen molar-refractivity contribution >= 4 is 5.91 Å². The number of carbonyl (C=O) groups excluding carboxylic acids is 1. The second kappa shape index (κ2) is 9.32. The van der Waals surface area contributed by atoms with Crippen LogP contribution < -0.4 is 10.1 Å². The lowest BCUT2D eigenvalue weighted by Gasteiger charge is -2.15. The van der Waals surface area contributed by atoms with Crippen LogP contribution in [-0.4, -0.2) is 38.6 Å². The Balaban J connectivity index is 1.66. The standard InChI is InChI=1S/C26H29N5O2/c1-17-9-11-22(12-10-17)31-16-24(25(29-31)21-7-6-8-23(14-21)33-5)26(32)27-19(3)15-30-20(4)13-18(2)28-30/h6-14,16,19H,15H2,1-5H3,(H,27,32)/t19-/m0/s1. The number of methoxy groups -OCH3 is 1. The van der Waals surface area contributed by atoms with Crippen LogP contribution >= 0.6 is 0 Å². The highest BCUT2D eigenvalue weighted by atomic mass is 16.5. The minimum absolute atomic E-state index is 0.114. The summed E-state index contributed by atoms with van der Waals surface area (Å²) >= 11 is 0. The summed E-state index contributed by atoms with van der Waals surface area (Å²) in [6.45, 7) is 8.58. The molecule has 0 bridgehead atoms. The Morgan fingerprint density at radius 3 is 2.48 bits per heavy atom. The fraction of sp³-hybridized carbons (Fsp3) is 0.269. The third-order valence-corrected chi connectivity index (χ3v) is 5.53. The number of nitrogens with one attached hydrogen (secondary N) is 1. The normalized spacial score (nSPS) is 11.9. The number of hydrogen-bond acceptors (Lipinski definition) is 4. The molecule has 0 saturated heterocycles. The maximum Gasteiger partial charge on any atom is 0.255 e. The first kappa shape index (κ1) is 22.3. The first-order valence-electron chi connectivity index (χ1n) is 11.0. The predicted molar refractivity (Wildman–Crippen MR) is 129 cm³/mol. The van der Waals surface area contributed by atoms with E-state index >= 15 is 0 Å². The quantitative estimate of drug-likeness (QED) is 0.457. The molecule has 4 aromatic rings. The van der Waals surface area contributed by atoms with Gasteiger partial charge in [-0.1, -0.05) is 29.8 Å². The molecule has 7 nitrogen and oxygen atoms in total. The SMILES string of the molecule is COc1cccc(-c2nn(-c3ccc(C)cc3)cc2C(=O)N[C@@H](C)Cn2nc(C)cc2C)c1. The van der Waals surface area contributed by atoms with Gasteiger partial charge in [0.05, 0.1) is 30.6 Å². The fourth-order valence-electron chi connectivity index (χ4n) is 3.82. The van der Waals surface area contributed by atoms with Crippen molar-refractivity contribution in [3.63, 3.8) is 0 Å². The number of carbonyl (C=O) groups is 1. The van der Waals surface area contributed by atoms with Gasteiger partial charge in [-0.3, -0.25) is 9.48 Å². The molecule has 1 amide bonds. The summed E-state index contributed by atoms with van der Waals surface area (Å²) in [4.78, 5) is 13.4. The number of benzene rings is 2. The number of hydrogen-bond donors (Lipinski definition) is 1. The Kier molecular flexibility index (Phi) is 6.31. The number of aromatic nitrogens is 4.